The molecule has 150 valence electrons. The number of hydrogen-bond donors (Lipinski definition) is 1. The number of rotatable bonds is 7. The van der Waals surface area contributed by atoms with Crippen molar-refractivity contribution in [3.63, 3.8) is 0 Å². The molecule has 1 nitrogen and oxygen atoms in total. The zero-order valence-electron chi connectivity index (χ0n) is 16.6. The van der Waals surface area contributed by atoms with E-state index in [2.05, 4.69) is 66.0 Å². The van der Waals surface area contributed by atoms with Crippen LogP contribution >= 0.6 is 23.2 Å². The summed E-state index contributed by atoms with van der Waals surface area (Å²) in [5.41, 5.74) is 5.53. The summed E-state index contributed by atoms with van der Waals surface area (Å²) < 4.78 is 0. The van der Waals surface area contributed by atoms with E-state index in [-0.39, 0.29) is 0 Å². The average Bonchev–Trinajstić information content (AvgIpc) is 2.76. The topological polar surface area (TPSA) is 12.0 Å². The van der Waals surface area contributed by atoms with Crippen molar-refractivity contribution in [1.82, 2.24) is 5.32 Å². The molecule has 0 aliphatic heterocycles. The molecule has 1 aliphatic carbocycles. The van der Waals surface area contributed by atoms with Gasteiger partial charge in [0.1, 0.15) is 0 Å². The SMILES string of the molecule is Clc1ccc([C@@H]2CC[C@@H](NCCCCc3ccccc3)c3ccccc32)cc1Cl. The van der Waals surface area contributed by atoms with Crippen LogP contribution in [0.1, 0.15) is 59.9 Å². The first-order chi connectivity index (χ1) is 14.2. The van der Waals surface area contributed by atoms with E-state index in [1.807, 2.05) is 12.1 Å². The maximum absolute atomic E-state index is 6.29. The van der Waals surface area contributed by atoms with Crippen LogP contribution in [0.25, 0.3) is 0 Å². The van der Waals surface area contributed by atoms with Crippen LogP contribution in [0, 0.1) is 0 Å². The molecular weight excluding hydrogens is 397 g/mol. The lowest BCUT2D eigenvalue weighted by atomic mass is 9.77. The Morgan fingerprint density at radius 2 is 1.52 bits per heavy atom. The van der Waals surface area contributed by atoms with Gasteiger partial charge < -0.3 is 5.32 Å². The van der Waals surface area contributed by atoms with E-state index >= 15 is 0 Å². The van der Waals surface area contributed by atoms with Crippen LogP contribution in [0.4, 0.5) is 0 Å². The molecule has 4 rings (SSSR count). The lowest BCUT2D eigenvalue weighted by molar-refractivity contribution is 0.435. The minimum absolute atomic E-state index is 0.386. The Bertz CT molecular complexity index is 938. The molecule has 2 atom stereocenters. The summed E-state index contributed by atoms with van der Waals surface area (Å²) >= 11 is 12.4. The van der Waals surface area contributed by atoms with E-state index in [0.717, 1.165) is 25.8 Å². The van der Waals surface area contributed by atoms with Gasteiger partial charge in [-0.1, -0.05) is 83.9 Å². The Morgan fingerprint density at radius 3 is 2.31 bits per heavy atom. The van der Waals surface area contributed by atoms with Crippen molar-refractivity contribution in [3.8, 4) is 0 Å². The van der Waals surface area contributed by atoms with Gasteiger partial charge in [0.05, 0.1) is 10.0 Å². The molecule has 0 spiro atoms. The first kappa shape index (κ1) is 20.5. The highest BCUT2D eigenvalue weighted by Gasteiger charge is 2.27. The molecule has 0 radical (unpaired) electrons. The Hall–Kier alpha value is -1.80. The number of hydrogen-bond acceptors (Lipinski definition) is 1. The molecule has 3 aromatic carbocycles. The van der Waals surface area contributed by atoms with Crippen LogP contribution < -0.4 is 5.32 Å². The van der Waals surface area contributed by atoms with Gasteiger partial charge in [0.25, 0.3) is 0 Å². The number of nitrogens with one attached hydrogen (secondary N) is 1. The molecule has 0 unspecified atom stereocenters. The third kappa shape index (κ3) is 5.04. The predicted molar refractivity (Wildman–Crippen MR) is 124 cm³/mol. The molecule has 29 heavy (non-hydrogen) atoms. The Balaban J connectivity index is 1.38. The van der Waals surface area contributed by atoms with Crippen molar-refractivity contribution in [2.24, 2.45) is 0 Å². The fourth-order valence-electron chi connectivity index (χ4n) is 4.45. The molecular formula is C26H27Cl2N. The van der Waals surface area contributed by atoms with E-state index in [0.29, 0.717) is 22.0 Å². The summed E-state index contributed by atoms with van der Waals surface area (Å²) in [6, 6.07) is 26.1. The highest BCUT2D eigenvalue weighted by molar-refractivity contribution is 6.42. The zero-order chi connectivity index (χ0) is 20.1. The maximum Gasteiger partial charge on any atom is 0.0595 e. The smallest absolute Gasteiger partial charge is 0.0595 e. The molecule has 0 bridgehead atoms. The maximum atomic E-state index is 6.29. The second-order valence-electron chi connectivity index (χ2n) is 7.88. The lowest BCUT2D eigenvalue weighted by Crippen LogP contribution is -2.28. The quantitative estimate of drug-likeness (QED) is 0.386. The molecule has 0 aromatic heterocycles. The number of benzene rings is 3. The predicted octanol–water partition coefficient (Wildman–Crippen LogP) is 7.57. The van der Waals surface area contributed by atoms with Crippen LogP contribution in [0.15, 0.2) is 72.8 Å². The molecule has 1 N–H and O–H groups in total. The normalized spacial score (nSPS) is 18.4. The summed E-state index contributed by atoms with van der Waals surface area (Å²) in [5, 5.41) is 5.07. The van der Waals surface area contributed by atoms with Crippen molar-refractivity contribution in [3.05, 3.63) is 105 Å². The molecule has 0 amide bonds. The zero-order valence-corrected chi connectivity index (χ0v) is 18.1. The molecule has 3 heteroatoms. The van der Waals surface area contributed by atoms with Gasteiger partial charge in [-0.25, -0.2) is 0 Å². The molecule has 1 aliphatic rings. The average molecular weight is 424 g/mol. The fraction of sp³-hybridized carbons (Fsp3) is 0.308. The Morgan fingerprint density at radius 1 is 0.759 bits per heavy atom. The second-order valence-corrected chi connectivity index (χ2v) is 8.70. The summed E-state index contributed by atoms with van der Waals surface area (Å²) in [4.78, 5) is 0. The van der Waals surface area contributed by atoms with Crippen molar-refractivity contribution in [2.75, 3.05) is 6.54 Å². The summed E-state index contributed by atoms with van der Waals surface area (Å²) in [5.74, 6) is 0.386. The summed E-state index contributed by atoms with van der Waals surface area (Å²) in [6.45, 7) is 1.06. The molecule has 0 saturated heterocycles. The van der Waals surface area contributed by atoms with Crippen LogP contribution in [0.3, 0.4) is 0 Å². The van der Waals surface area contributed by atoms with Crippen molar-refractivity contribution < 1.29 is 0 Å². The second kappa shape index (κ2) is 9.80. The largest absolute Gasteiger partial charge is 0.310 e. The monoisotopic (exact) mass is 423 g/mol. The summed E-state index contributed by atoms with van der Waals surface area (Å²) in [7, 11) is 0. The number of halogens is 2. The fourth-order valence-corrected chi connectivity index (χ4v) is 4.76. The van der Waals surface area contributed by atoms with E-state index in [1.54, 1.807) is 0 Å². The van der Waals surface area contributed by atoms with Crippen LogP contribution in [-0.4, -0.2) is 6.54 Å². The van der Waals surface area contributed by atoms with Gasteiger partial charge in [-0.15, -0.1) is 0 Å². The minimum Gasteiger partial charge on any atom is -0.310 e. The van der Waals surface area contributed by atoms with Crippen LogP contribution in [0.5, 0.6) is 0 Å². The van der Waals surface area contributed by atoms with E-state index in [4.69, 9.17) is 23.2 Å². The van der Waals surface area contributed by atoms with Crippen molar-refractivity contribution in [1.29, 1.82) is 0 Å². The summed E-state index contributed by atoms with van der Waals surface area (Å²) in [6.07, 6.45) is 5.83. The Labute approximate surface area is 184 Å². The van der Waals surface area contributed by atoms with Gasteiger partial charge in [0.15, 0.2) is 0 Å². The van der Waals surface area contributed by atoms with Gasteiger partial charge in [0.2, 0.25) is 0 Å². The minimum atomic E-state index is 0.386. The Kier molecular flexibility index (Phi) is 6.92. The highest BCUT2D eigenvalue weighted by atomic mass is 35.5. The number of fused-ring (bicyclic) bond motifs is 1. The number of aryl methyl sites for hydroxylation is 1. The first-order valence-corrected chi connectivity index (χ1v) is 11.3. The van der Waals surface area contributed by atoms with Gasteiger partial charge in [0, 0.05) is 12.0 Å². The number of unbranched alkanes of at least 4 members (excludes halogenated alkanes) is 1. The third-order valence-corrected chi connectivity index (χ3v) is 6.70. The van der Waals surface area contributed by atoms with E-state index in [9.17, 15) is 0 Å². The van der Waals surface area contributed by atoms with Gasteiger partial charge in [-0.05, 0) is 73.0 Å². The van der Waals surface area contributed by atoms with Crippen molar-refractivity contribution in [2.45, 2.75) is 44.1 Å². The van der Waals surface area contributed by atoms with Gasteiger partial charge in [-0.3, -0.25) is 0 Å². The van der Waals surface area contributed by atoms with Crippen molar-refractivity contribution >= 4 is 23.2 Å². The standard InChI is InChI=1S/C26H27Cl2N/c27-24-15-13-20(18-25(24)28)21-14-16-26(23-12-5-4-11-22(21)23)29-17-7-6-10-19-8-2-1-3-9-19/h1-5,8-9,11-13,15,18,21,26,29H,6-7,10,14,16-17H2/t21-,26+/m0/s1. The molecule has 0 heterocycles. The molecule has 3 aromatic rings. The molecule has 0 fully saturated rings. The van der Waals surface area contributed by atoms with Crippen LogP contribution in [-0.2, 0) is 6.42 Å². The van der Waals surface area contributed by atoms with E-state index in [1.165, 1.54) is 35.1 Å². The van der Waals surface area contributed by atoms with Crippen LogP contribution in [0.2, 0.25) is 10.0 Å². The first-order valence-electron chi connectivity index (χ1n) is 10.5. The van der Waals surface area contributed by atoms with E-state index < -0.39 is 0 Å². The lowest BCUT2D eigenvalue weighted by Gasteiger charge is -2.32. The molecule has 0 saturated carbocycles. The highest BCUT2D eigenvalue weighted by Crippen LogP contribution is 2.42. The van der Waals surface area contributed by atoms with Gasteiger partial charge >= 0.3 is 0 Å². The third-order valence-electron chi connectivity index (χ3n) is 5.96. The van der Waals surface area contributed by atoms with Gasteiger partial charge in [-0.2, -0.15) is 0 Å².